The summed E-state index contributed by atoms with van der Waals surface area (Å²) in [5, 5.41) is 0. The number of quaternary nitrogens is 1. The van der Waals surface area contributed by atoms with Gasteiger partial charge in [0.1, 0.15) is 0 Å². The van der Waals surface area contributed by atoms with Crippen molar-refractivity contribution < 1.29 is 32.4 Å². The summed E-state index contributed by atoms with van der Waals surface area (Å²) < 4.78 is 32.3. The summed E-state index contributed by atoms with van der Waals surface area (Å²) in [6, 6.07) is 5.73. The molecule has 4 rings (SSSR count). The van der Waals surface area contributed by atoms with Crippen LogP contribution in [0.4, 0.5) is 0 Å². The number of imide groups is 1. The third-order valence-electron chi connectivity index (χ3n) is 6.41. The lowest BCUT2D eigenvalue weighted by molar-refractivity contribution is -0.910. The molecular formula is C22H28N3O6S+. The third kappa shape index (κ3) is 4.22. The Labute approximate surface area is 187 Å². The van der Waals surface area contributed by atoms with Crippen LogP contribution in [0.1, 0.15) is 30.1 Å². The second kappa shape index (κ2) is 9.13. The normalized spacial score (nSPS) is 24.6. The number of fused-ring (bicyclic) bond motifs is 1. The molecule has 0 spiro atoms. The van der Waals surface area contributed by atoms with Crippen LogP contribution in [0.5, 0.6) is 0 Å². The number of carbonyl (C=O) groups is 3. The lowest BCUT2D eigenvalue weighted by atomic mass is 9.85. The maximum absolute atomic E-state index is 13.0. The molecule has 0 unspecified atom stereocenters. The number of amides is 2. The first-order valence-electron chi connectivity index (χ1n) is 10.9. The van der Waals surface area contributed by atoms with Crippen LogP contribution in [0.3, 0.4) is 0 Å². The quantitative estimate of drug-likeness (QED) is 0.352. The molecule has 1 aromatic carbocycles. The number of sulfonamides is 1. The molecule has 172 valence electrons. The Morgan fingerprint density at radius 1 is 1.03 bits per heavy atom. The van der Waals surface area contributed by atoms with Gasteiger partial charge < -0.3 is 9.64 Å². The first-order valence-corrected chi connectivity index (χ1v) is 12.4. The van der Waals surface area contributed by atoms with E-state index in [9.17, 15) is 22.8 Å². The van der Waals surface area contributed by atoms with Crippen molar-refractivity contribution in [2.75, 3.05) is 39.5 Å². The molecule has 0 aromatic heterocycles. The van der Waals surface area contributed by atoms with Crippen LogP contribution in [-0.2, 0) is 24.3 Å². The fourth-order valence-corrected chi connectivity index (χ4v) is 6.02. The number of ether oxygens (including phenoxy) is 1. The molecule has 1 aliphatic carbocycles. The highest BCUT2D eigenvalue weighted by Crippen LogP contribution is 2.34. The highest BCUT2D eigenvalue weighted by Gasteiger charge is 2.48. The van der Waals surface area contributed by atoms with Crippen LogP contribution in [0.25, 0.3) is 0 Å². The number of carbonyl (C=O) groups excluding carboxylic acids is 3. The number of rotatable bonds is 6. The van der Waals surface area contributed by atoms with E-state index < -0.39 is 16.0 Å². The number of allylic oxidation sites excluding steroid dienone is 2. The Bertz CT molecular complexity index is 1000. The Kier molecular flexibility index (Phi) is 6.45. The van der Waals surface area contributed by atoms with E-state index in [1.165, 1.54) is 33.5 Å². The van der Waals surface area contributed by atoms with Gasteiger partial charge in [0.2, 0.25) is 21.8 Å². The number of esters is 1. The van der Waals surface area contributed by atoms with Crippen molar-refractivity contribution in [2.24, 2.45) is 11.8 Å². The highest BCUT2D eigenvalue weighted by atomic mass is 32.2. The monoisotopic (exact) mass is 462 g/mol. The van der Waals surface area contributed by atoms with Gasteiger partial charge in [-0.15, -0.1) is 0 Å². The van der Waals surface area contributed by atoms with Gasteiger partial charge in [-0.2, -0.15) is 4.31 Å². The number of piperazine rings is 1. The number of benzene rings is 1. The highest BCUT2D eigenvalue weighted by molar-refractivity contribution is 7.89. The smallest absolute Gasteiger partial charge is 0.338 e. The maximum atomic E-state index is 13.0. The second-order valence-corrected chi connectivity index (χ2v) is 10.3. The van der Waals surface area contributed by atoms with Crippen molar-refractivity contribution in [2.45, 2.75) is 24.7 Å². The third-order valence-corrected chi connectivity index (χ3v) is 8.33. The average Bonchev–Trinajstić information content (AvgIpc) is 3.05. The molecule has 10 heteroatoms. The molecule has 2 heterocycles. The van der Waals surface area contributed by atoms with E-state index in [0.717, 1.165) is 4.90 Å². The molecule has 1 aromatic rings. The summed E-state index contributed by atoms with van der Waals surface area (Å²) in [5.74, 6) is -1.19. The molecule has 1 N–H and O–H groups in total. The second-order valence-electron chi connectivity index (χ2n) is 8.32. The van der Waals surface area contributed by atoms with Crippen LogP contribution in [0.2, 0.25) is 0 Å². The van der Waals surface area contributed by atoms with Crippen molar-refractivity contribution in [3.8, 4) is 0 Å². The van der Waals surface area contributed by atoms with E-state index in [4.69, 9.17) is 4.74 Å². The summed E-state index contributed by atoms with van der Waals surface area (Å²) in [6.45, 7) is 3.84. The minimum atomic E-state index is -3.69. The zero-order valence-electron chi connectivity index (χ0n) is 18.0. The van der Waals surface area contributed by atoms with E-state index >= 15 is 0 Å². The fraction of sp³-hybridized carbons (Fsp3) is 0.500. The van der Waals surface area contributed by atoms with Gasteiger partial charge in [-0.25, -0.2) is 18.1 Å². The summed E-state index contributed by atoms with van der Waals surface area (Å²) in [5.41, 5.74) is 0.302. The zero-order valence-corrected chi connectivity index (χ0v) is 18.8. The van der Waals surface area contributed by atoms with Crippen molar-refractivity contribution >= 4 is 27.8 Å². The Hall–Kier alpha value is -2.56. The first kappa shape index (κ1) is 22.6. The molecule has 2 atom stereocenters. The minimum absolute atomic E-state index is 0.103. The van der Waals surface area contributed by atoms with Crippen LogP contribution < -0.4 is 4.90 Å². The van der Waals surface area contributed by atoms with Gasteiger partial charge in [0, 0.05) is 0 Å². The lowest BCUT2D eigenvalue weighted by Crippen LogP contribution is -3.16. The fourth-order valence-electron chi connectivity index (χ4n) is 4.58. The number of likely N-dealkylation sites (tertiary alicyclic amines) is 1. The van der Waals surface area contributed by atoms with Crippen molar-refractivity contribution in [1.82, 2.24) is 9.21 Å². The van der Waals surface area contributed by atoms with Crippen LogP contribution >= 0.6 is 0 Å². The molecular weight excluding hydrogens is 434 g/mol. The topological polar surface area (TPSA) is 106 Å². The molecule has 2 aliphatic heterocycles. The molecule has 9 nitrogen and oxygen atoms in total. The van der Waals surface area contributed by atoms with E-state index in [0.29, 0.717) is 44.6 Å². The molecule has 0 saturated carbocycles. The predicted molar refractivity (Wildman–Crippen MR) is 114 cm³/mol. The Morgan fingerprint density at radius 2 is 1.59 bits per heavy atom. The standard InChI is InChI=1S/C22H27N3O6S/c1-2-31-22(28)16-7-9-17(10-8-16)32(29,30)24-13-11-23(12-14-24)15-25-20(26)18-5-3-4-6-19(18)21(25)27/h3-4,7-10,18-19H,2,5-6,11-15H2,1H3/p+1/t18-,19+. The SMILES string of the molecule is CCOC(=O)c1ccc(S(=O)(=O)N2CC[NH+](CN3C(=O)[C@H]4CC=CC[C@H]4C3=O)CC2)cc1. The van der Waals surface area contributed by atoms with E-state index in [-0.39, 0.29) is 41.8 Å². The molecule has 3 aliphatic rings. The van der Waals surface area contributed by atoms with Crippen LogP contribution in [0, 0.1) is 11.8 Å². The summed E-state index contributed by atoms with van der Waals surface area (Å²) in [4.78, 5) is 39.6. The Morgan fingerprint density at radius 3 is 2.12 bits per heavy atom. The predicted octanol–water partition coefficient (Wildman–Crippen LogP) is -0.339. The van der Waals surface area contributed by atoms with Gasteiger partial charge in [-0.05, 0) is 44.0 Å². The van der Waals surface area contributed by atoms with Gasteiger partial charge >= 0.3 is 5.97 Å². The summed E-state index contributed by atoms with van der Waals surface area (Å²) in [6.07, 6.45) is 5.15. The average molecular weight is 463 g/mol. The molecule has 32 heavy (non-hydrogen) atoms. The molecule has 0 radical (unpaired) electrons. The summed E-state index contributed by atoms with van der Waals surface area (Å²) >= 11 is 0. The van der Waals surface area contributed by atoms with Gasteiger partial charge in [-0.3, -0.25) is 9.59 Å². The number of hydrogen-bond donors (Lipinski definition) is 1. The van der Waals surface area contributed by atoms with Gasteiger partial charge in [-0.1, -0.05) is 12.2 Å². The number of nitrogens with zero attached hydrogens (tertiary/aromatic N) is 2. The zero-order chi connectivity index (χ0) is 22.9. The lowest BCUT2D eigenvalue weighted by Gasteiger charge is -2.33. The van der Waals surface area contributed by atoms with Gasteiger partial charge in [0.15, 0.2) is 6.67 Å². The maximum Gasteiger partial charge on any atom is 0.338 e. The van der Waals surface area contributed by atoms with Crippen molar-refractivity contribution in [1.29, 1.82) is 0 Å². The van der Waals surface area contributed by atoms with Crippen LogP contribution in [0.15, 0.2) is 41.3 Å². The van der Waals surface area contributed by atoms with Crippen molar-refractivity contribution in [3.05, 3.63) is 42.0 Å². The Balaban J connectivity index is 1.35. The molecule has 2 saturated heterocycles. The first-order chi connectivity index (χ1) is 15.3. The van der Waals surface area contributed by atoms with E-state index in [1.54, 1.807) is 6.92 Å². The van der Waals surface area contributed by atoms with Gasteiger partial charge in [0.25, 0.3) is 0 Å². The molecule has 2 amide bonds. The summed E-state index contributed by atoms with van der Waals surface area (Å²) in [7, 11) is -3.69. The largest absolute Gasteiger partial charge is 0.462 e. The van der Waals surface area contributed by atoms with Gasteiger partial charge in [0.05, 0.1) is 55.1 Å². The van der Waals surface area contributed by atoms with Crippen molar-refractivity contribution in [3.63, 3.8) is 0 Å². The van der Waals surface area contributed by atoms with Crippen LogP contribution in [-0.4, -0.2) is 74.9 Å². The number of hydrogen-bond acceptors (Lipinski definition) is 6. The number of nitrogens with one attached hydrogen (secondary N) is 1. The molecule has 0 bridgehead atoms. The van der Waals surface area contributed by atoms with E-state index in [2.05, 4.69) is 0 Å². The van der Waals surface area contributed by atoms with E-state index in [1.807, 2.05) is 12.2 Å². The minimum Gasteiger partial charge on any atom is -0.462 e. The molecule has 2 fully saturated rings.